The highest BCUT2D eigenvalue weighted by Gasteiger charge is 2.24. The van der Waals surface area contributed by atoms with Gasteiger partial charge >= 0.3 is 0 Å². The van der Waals surface area contributed by atoms with E-state index in [-0.39, 0.29) is 25.3 Å². The molecular formula is C11H21NO5. The number of nitrogens with one attached hydrogen (secondary N) is 1. The lowest BCUT2D eigenvalue weighted by Crippen LogP contribution is -2.41. The number of carbonyl (C=O) groups excluding carboxylic acids is 1. The molecule has 0 aromatic carbocycles. The number of aliphatic hydroxyl groups excluding tert-OH is 1. The van der Waals surface area contributed by atoms with Gasteiger partial charge in [0, 0.05) is 14.2 Å². The van der Waals surface area contributed by atoms with Crippen LogP contribution < -0.4 is 5.32 Å². The summed E-state index contributed by atoms with van der Waals surface area (Å²) in [4.78, 5) is 10.8. The summed E-state index contributed by atoms with van der Waals surface area (Å²) < 4.78 is 15.2. The minimum Gasteiger partial charge on any atom is -0.388 e. The summed E-state index contributed by atoms with van der Waals surface area (Å²) in [6, 6.07) is 0. The molecule has 0 radical (unpaired) electrons. The van der Waals surface area contributed by atoms with E-state index in [1.165, 1.54) is 14.2 Å². The molecule has 0 aromatic rings. The second-order valence-electron chi connectivity index (χ2n) is 3.47. The number of hydrogen-bond donors (Lipinski definition) is 2. The summed E-state index contributed by atoms with van der Waals surface area (Å²) in [5, 5.41) is 12.2. The van der Waals surface area contributed by atoms with Crippen LogP contribution in [0.15, 0.2) is 12.7 Å². The van der Waals surface area contributed by atoms with Gasteiger partial charge < -0.3 is 24.6 Å². The lowest BCUT2D eigenvalue weighted by Gasteiger charge is -2.25. The van der Waals surface area contributed by atoms with E-state index in [1.807, 2.05) is 0 Å². The molecule has 0 saturated carbocycles. The summed E-state index contributed by atoms with van der Waals surface area (Å²) in [6.45, 7) is 5.23. The van der Waals surface area contributed by atoms with Gasteiger partial charge in [-0.05, 0) is 13.0 Å². The Morgan fingerprint density at radius 3 is 2.59 bits per heavy atom. The minimum atomic E-state index is -0.792. The second-order valence-corrected chi connectivity index (χ2v) is 3.47. The van der Waals surface area contributed by atoms with Gasteiger partial charge in [-0.3, -0.25) is 4.79 Å². The van der Waals surface area contributed by atoms with Gasteiger partial charge in [0.1, 0.15) is 18.9 Å². The van der Waals surface area contributed by atoms with Crippen molar-refractivity contribution in [3.63, 3.8) is 0 Å². The van der Waals surface area contributed by atoms with E-state index in [0.29, 0.717) is 0 Å². The number of methoxy groups -OCH3 is 2. The van der Waals surface area contributed by atoms with E-state index < -0.39 is 12.2 Å². The number of aliphatic hydroxyl groups is 1. The Hall–Kier alpha value is -0.950. The monoisotopic (exact) mass is 247 g/mol. The third-order valence-electron chi connectivity index (χ3n) is 2.35. The number of amides is 1. The molecule has 0 aliphatic heterocycles. The van der Waals surface area contributed by atoms with Crippen molar-refractivity contribution < 1.29 is 24.1 Å². The van der Waals surface area contributed by atoms with Crippen molar-refractivity contribution >= 4 is 5.91 Å². The Kier molecular flexibility index (Phi) is 8.61. The van der Waals surface area contributed by atoms with Crippen molar-refractivity contribution in [2.24, 2.45) is 0 Å². The predicted molar refractivity (Wildman–Crippen MR) is 62.4 cm³/mol. The van der Waals surface area contributed by atoms with Crippen molar-refractivity contribution in [1.29, 1.82) is 0 Å². The largest absolute Gasteiger partial charge is 0.388 e. The topological polar surface area (TPSA) is 77.0 Å². The molecule has 100 valence electrons. The van der Waals surface area contributed by atoms with Gasteiger partial charge in [-0.2, -0.15) is 0 Å². The molecule has 0 saturated heterocycles. The molecule has 0 aliphatic carbocycles. The zero-order valence-electron chi connectivity index (χ0n) is 10.5. The highest BCUT2D eigenvalue weighted by atomic mass is 16.5. The molecule has 6 heteroatoms. The van der Waals surface area contributed by atoms with Gasteiger partial charge in [-0.1, -0.05) is 6.58 Å². The lowest BCUT2D eigenvalue weighted by atomic mass is 10.1. The maximum atomic E-state index is 10.8. The van der Waals surface area contributed by atoms with Crippen molar-refractivity contribution in [2.75, 3.05) is 27.6 Å². The fourth-order valence-electron chi connectivity index (χ4n) is 1.12. The Labute approximate surface area is 102 Å². The van der Waals surface area contributed by atoms with Gasteiger partial charge in [0.2, 0.25) is 5.91 Å². The van der Waals surface area contributed by atoms with Gasteiger partial charge in [-0.25, -0.2) is 0 Å². The Bertz CT molecular complexity index is 234. The normalized spacial score (nSPS) is 16.0. The van der Waals surface area contributed by atoms with Crippen molar-refractivity contribution in [2.45, 2.75) is 25.2 Å². The molecular weight excluding hydrogens is 226 g/mol. The van der Waals surface area contributed by atoms with Gasteiger partial charge in [0.15, 0.2) is 0 Å². The molecule has 3 atom stereocenters. The zero-order valence-corrected chi connectivity index (χ0v) is 10.5. The Morgan fingerprint density at radius 1 is 1.47 bits per heavy atom. The summed E-state index contributed by atoms with van der Waals surface area (Å²) in [5.41, 5.74) is 0. The van der Waals surface area contributed by atoms with Crippen LogP contribution in [0.1, 0.15) is 6.92 Å². The molecule has 1 amide bonds. The van der Waals surface area contributed by atoms with Crippen molar-refractivity contribution in [1.82, 2.24) is 5.32 Å². The molecule has 0 spiro atoms. The zero-order chi connectivity index (χ0) is 13.3. The van der Waals surface area contributed by atoms with Crippen LogP contribution in [0.5, 0.6) is 0 Å². The van der Waals surface area contributed by atoms with Crippen LogP contribution in [0.3, 0.4) is 0 Å². The fraction of sp³-hybridized carbons (Fsp3) is 0.727. The number of rotatable bonds is 9. The van der Waals surface area contributed by atoms with Crippen molar-refractivity contribution in [3.05, 3.63) is 12.7 Å². The van der Waals surface area contributed by atoms with Crippen LogP contribution in [0.4, 0.5) is 0 Å². The molecule has 6 nitrogen and oxygen atoms in total. The summed E-state index contributed by atoms with van der Waals surface area (Å²) in [7, 11) is 2.98. The maximum Gasteiger partial charge on any atom is 0.245 e. The summed E-state index contributed by atoms with van der Waals surface area (Å²) in [6.07, 6.45) is -0.504. The van der Waals surface area contributed by atoms with Crippen LogP contribution in [-0.2, 0) is 19.0 Å². The Balaban J connectivity index is 3.89. The average Bonchev–Trinajstić information content (AvgIpc) is 2.36. The minimum absolute atomic E-state index is 0.0405. The third-order valence-corrected chi connectivity index (χ3v) is 2.35. The van der Waals surface area contributed by atoms with Gasteiger partial charge in [0.05, 0.1) is 12.7 Å². The van der Waals surface area contributed by atoms with Crippen LogP contribution in [0.2, 0.25) is 0 Å². The first kappa shape index (κ1) is 16.1. The molecule has 17 heavy (non-hydrogen) atoms. The lowest BCUT2D eigenvalue weighted by molar-refractivity contribution is -0.122. The molecule has 2 N–H and O–H groups in total. The SMILES string of the molecule is C=CC(=O)NCOCC(OC)C(O)[C@@H](C)OC. The van der Waals surface area contributed by atoms with Crippen LogP contribution in [0.25, 0.3) is 0 Å². The maximum absolute atomic E-state index is 10.8. The summed E-state index contributed by atoms with van der Waals surface area (Å²) >= 11 is 0. The fourth-order valence-corrected chi connectivity index (χ4v) is 1.12. The van der Waals surface area contributed by atoms with Crippen LogP contribution >= 0.6 is 0 Å². The standard InChI is InChI=1S/C11H21NO5/c1-5-10(13)12-7-17-6-9(16-4)11(14)8(2)15-3/h5,8-9,11,14H,1,6-7H2,2-4H3,(H,12,13)/t8-,9?,11?/m1/s1. The van der Waals surface area contributed by atoms with Crippen molar-refractivity contribution in [3.8, 4) is 0 Å². The second kappa shape index (κ2) is 9.12. The average molecular weight is 247 g/mol. The quantitative estimate of drug-likeness (QED) is 0.331. The first-order valence-corrected chi connectivity index (χ1v) is 5.28. The molecule has 0 aromatic heterocycles. The molecule has 2 unspecified atom stereocenters. The smallest absolute Gasteiger partial charge is 0.245 e. The molecule has 0 heterocycles. The molecule has 0 aliphatic rings. The molecule has 0 bridgehead atoms. The van der Waals surface area contributed by atoms with E-state index in [4.69, 9.17) is 14.2 Å². The van der Waals surface area contributed by atoms with E-state index in [9.17, 15) is 9.90 Å². The third kappa shape index (κ3) is 6.38. The van der Waals surface area contributed by atoms with Gasteiger partial charge in [0.25, 0.3) is 0 Å². The number of ether oxygens (including phenoxy) is 3. The summed E-state index contributed by atoms with van der Waals surface area (Å²) in [5.74, 6) is -0.315. The number of hydrogen-bond acceptors (Lipinski definition) is 5. The first-order valence-electron chi connectivity index (χ1n) is 5.28. The van der Waals surface area contributed by atoms with Crippen LogP contribution in [0, 0.1) is 0 Å². The highest BCUT2D eigenvalue weighted by molar-refractivity contribution is 5.86. The molecule has 0 rings (SSSR count). The highest BCUT2D eigenvalue weighted by Crippen LogP contribution is 2.06. The van der Waals surface area contributed by atoms with E-state index in [2.05, 4.69) is 11.9 Å². The van der Waals surface area contributed by atoms with E-state index in [0.717, 1.165) is 6.08 Å². The first-order chi connectivity index (χ1) is 8.06. The number of carbonyl (C=O) groups is 1. The van der Waals surface area contributed by atoms with E-state index in [1.54, 1.807) is 6.92 Å². The van der Waals surface area contributed by atoms with Gasteiger partial charge in [-0.15, -0.1) is 0 Å². The van der Waals surface area contributed by atoms with Crippen LogP contribution in [-0.4, -0.2) is 56.9 Å². The predicted octanol–water partition coefficient (Wildman–Crippen LogP) is -0.326. The Morgan fingerprint density at radius 2 is 2.12 bits per heavy atom. The van der Waals surface area contributed by atoms with E-state index >= 15 is 0 Å². The molecule has 0 fully saturated rings.